The topological polar surface area (TPSA) is 81.8 Å². The van der Waals surface area contributed by atoms with Gasteiger partial charge in [-0.2, -0.15) is 4.68 Å². The van der Waals surface area contributed by atoms with Crippen LogP contribution in [0.4, 0.5) is 4.39 Å². The summed E-state index contributed by atoms with van der Waals surface area (Å²) in [6, 6.07) is 7.22. The molecule has 1 amide bonds. The van der Waals surface area contributed by atoms with E-state index in [4.69, 9.17) is 11.6 Å². The number of nitrogens with one attached hydrogen (secondary N) is 1. The molecule has 0 spiro atoms. The van der Waals surface area contributed by atoms with Crippen molar-refractivity contribution < 1.29 is 9.18 Å². The predicted molar refractivity (Wildman–Crippen MR) is 107 cm³/mol. The summed E-state index contributed by atoms with van der Waals surface area (Å²) in [4.78, 5) is 29.4. The summed E-state index contributed by atoms with van der Waals surface area (Å²) >= 11 is 9.16. The van der Waals surface area contributed by atoms with Crippen LogP contribution in [0.2, 0.25) is 5.02 Å². The molecule has 0 unspecified atom stereocenters. The first-order valence-electron chi connectivity index (χ1n) is 8.33. The molecule has 3 rings (SSSR count). The Morgan fingerprint density at radius 2 is 2.07 bits per heavy atom. The molecule has 0 bridgehead atoms. The van der Waals surface area contributed by atoms with Crippen LogP contribution in [0.5, 0.6) is 0 Å². The molecule has 28 heavy (non-hydrogen) atoms. The summed E-state index contributed by atoms with van der Waals surface area (Å²) in [6.45, 7) is 3.38. The fourth-order valence-corrected chi connectivity index (χ4v) is 2.96. The maximum atomic E-state index is 13.6. The molecule has 3 aromatic rings. The molecule has 1 aromatic carbocycles. The molecule has 0 aliphatic carbocycles. The minimum absolute atomic E-state index is 0.0879. The highest BCUT2D eigenvalue weighted by molar-refractivity contribution is 9.10. The predicted octanol–water partition coefficient (Wildman–Crippen LogP) is 3.18. The van der Waals surface area contributed by atoms with Gasteiger partial charge in [0.15, 0.2) is 11.6 Å². The Morgan fingerprint density at radius 3 is 2.68 bits per heavy atom. The van der Waals surface area contributed by atoms with Gasteiger partial charge in [-0.25, -0.2) is 14.2 Å². The van der Waals surface area contributed by atoms with Gasteiger partial charge in [-0.3, -0.25) is 9.36 Å². The lowest BCUT2D eigenvalue weighted by Crippen LogP contribution is -2.36. The van der Waals surface area contributed by atoms with E-state index in [9.17, 15) is 14.0 Å². The van der Waals surface area contributed by atoms with Gasteiger partial charge in [-0.15, -0.1) is 5.10 Å². The van der Waals surface area contributed by atoms with E-state index >= 15 is 0 Å². The van der Waals surface area contributed by atoms with Crippen LogP contribution in [0, 0.1) is 5.82 Å². The SMILES string of the molecule is CC(C)NC(=O)Cn1c(-c2ccc(F)c(Cl)c2)nn(-c2ccc(Br)cn2)c1=O. The van der Waals surface area contributed by atoms with Crippen LogP contribution in [0.1, 0.15) is 13.8 Å². The van der Waals surface area contributed by atoms with Gasteiger partial charge in [0, 0.05) is 22.3 Å². The second kappa shape index (κ2) is 8.24. The van der Waals surface area contributed by atoms with Crippen molar-refractivity contribution in [1.82, 2.24) is 24.6 Å². The monoisotopic (exact) mass is 467 g/mol. The van der Waals surface area contributed by atoms with E-state index in [2.05, 4.69) is 31.3 Å². The number of aromatic nitrogens is 4. The minimum atomic E-state index is -0.592. The summed E-state index contributed by atoms with van der Waals surface area (Å²) in [7, 11) is 0. The summed E-state index contributed by atoms with van der Waals surface area (Å²) in [6.07, 6.45) is 1.53. The Bertz CT molecular complexity index is 1080. The van der Waals surface area contributed by atoms with Crippen LogP contribution in [0.25, 0.3) is 17.2 Å². The first kappa shape index (κ1) is 20.2. The number of halogens is 3. The Hall–Kier alpha value is -2.52. The van der Waals surface area contributed by atoms with Gasteiger partial charge < -0.3 is 5.32 Å². The van der Waals surface area contributed by atoms with Crippen molar-refractivity contribution in [3.63, 3.8) is 0 Å². The van der Waals surface area contributed by atoms with E-state index < -0.39 is 11.5 Å². The van der Waals surface area contributed by atoms with Crippen molar-refractivity contribution in [1.29, 1.82) is 0 Å². The van der Waals surface area contributed by atoms with Crippen LogP contribution in [0.3, 0.4) is 0 Å². The average molecular weight is 469 g/mol. The maximum Gasteiger partial charge on any atom is 0.352 e. The molecule has 1 N–H and O–H groups in total. The van der Waals surface area contributed by atoms with Crippen LogP contribution >= 0.6 is 27.5 Å². The number of carbonyl (C=O) groups is 1. The summed E-state index contributed by atoms with van der Waals surface area (Å²) in [5.74, 6) is -0.484. The number of hydrogen-bond acceptors (Lipinski definition) is 4. The standard InChI is InChI=1S/C18H16BrClFN5O2/c1-10(2)23-16(27)9-25-17(11-3-5-14(21)13(20)7-11)24-26(18(25)28)15-6-4-12(19)8-22-15/h3-8,10H,9H2,1-2H3,(H,23,27). The third kappa shape index (κ3) is 4.31. The Kier molecular flexibility index (Phi) is 5.95. The number of nitrogens with zero attached hydrogens (tertiary/aromatic N) is 4. The van der Waals surface area contributed by atoms with Crippen molar-refractivity contribution in [2.24, 2.45) is 0 Å². The van der Waals surface area contributed by atoms with Crippen molar-refractivity contribution in [3.05, 3.63) is 62.3 Å². The van der Waals surface area contributed by atoms with Crippen molar-refractivity contribution in [2.45, 2.75) is 26.4 Å². The summed E-state index contributed by atoms with van der Waals surface area (Å²) in [5, 5.41) is 6.93. The van der Waals surface area contributed by atoms with Crippen LogP contribution in [-0.4, -0.2) is 31.3 Å². The van der Waals surface area contributed by atoms with Gasteiger partial charge in [0.2, 0.25) is 5.91 Å². The number of rotatable bonds is 5. The fourth-order valence-electron chi connectivity index (χ4n) is 2.54. The molecule has 10 heteroatoms. The lowest BCUT2D eigenvalue weighted by molar-refractivity contribution is -0.122. The van der Waals surface area contributed by atoms with Gasteiger partial charge >= 0.3 is 5.69 Å². The molecular formula is C18H16BrClFN5O2. The lowest BCUT2D eigenvalue weighted by atomic mass is 10.2. The van der Waals surface area contributed by atoms with Crippen molar-refractivity contribution >= 4 is 33.4 Å². The van der Waals surface area contributed by atoms with Gasteiger partial charge in [-0.05, 0) is 60.1 Å². The highest BCUT2D eigenvalue weighted by atomic mass is 79.9. The average Bonchev–Trinajstić information content (AvgIpc) is 2.94. The normalized spacial score (nSPS) is 11.1. The van der Waals surface area contributed by atoms with Gasteiger partial charge in [0.25, 0.3) is 0 Å². The summed E-state index contributed by atoms with van der Waals surface area (Å²) < 4.78 is 16.6. The molecule has 0 atom stereocenters. The smallest absolute Gasteiger partial charge is 0.352 e. The van der Waals surface area contributed by atoms with Crippen molar-refractivity contribution in [2.75, 3.05) is 0 Å². The molecule has 0 fully saturated rings. The summed E-state index contributed by atoms with van der Waals surface area (Å²) in [5.41, 5.74) is -0.152. The molecule has 2 aromatic heterocycles. The van der Waals surface area contributed by atoms with E-state index in [1.807, 2.05) is 13.8 Å². The zero-order valence-corrected chi connectivity index (χ0v) is 17.3. The molecule has 7 nitrogen and oxygen atoms in total. The van der Waals surface area contributed by atoms with Gasteiger partial charge in [0.1, 0.15) is 12.4 Å². The largest absolute Gasteiger partial charge is 0.352 e. The second-order valence-corrected chi connectivity index (χ2v) is 7.61. The lowest BCUT2D eigenvalue weighted by Gasteiger charge is -2.10. The van der Waals surface area contributed by atoms with Crippen LogP contribution < -0.4 is 11.0 Å². The van der Waals surface area contributed by atoms with E-state index in [0.717, 1.165) is 9.15 Å². The Balaban J connectivity index is 2.14. The number of amides is 1. The fraction of sp³-hybridized carbons (Fsp3) is 0.222. The number of carbonyl (C=O) groups excluding carboxylic acids is 1. The van der Waals surface area contributed by atoms with E-state index in [0.29, 0.717) is 5.56 Å². The Labute approximate surface area is 173 Å². The first-order valence-corrected chi connectivity index (χ1v) is 9.50. The van der Waals surface area contributed by atoms with Crippen LogP contribution in [0.15, 0.2) is 45.8 Å². The van der Waals surface area contributed by atoms with Gasteiger partial charge in [0.05, 0.1) is 5.02 Å². The molecule has 0 saturated carbocycles. The first-order chi connectivity index (χ1) is 13.3. The molecule has 0 aliphatic rings. The highest BCUT2D eigenvalue weighted by Gasteiger charge is 2.20. The van der Waals surface area contributed by atoms with E-state index in [1.165, 1.54) is 29.0 Å². The third-order valence-corrected chi connectivity index (χ3v) is 4.48. The number of pyridine rings is 1. The zero-order valence-electron chi connectivity index (χ0n) is 15.0. The van der Waals surface area contributed by atoms with Crippen LogP contribution in [-0.2, 0) is 11.3 Å². The number of hydrogen-bond donors (Lipinski definition) is 1. The number of benzene rings is 1. The zero-order chi connectivity index (χ0) is 20.4. The van der Waals surface area contributed by atoms with Crippen molar-refractivity contribution in [3.8, 4) is 17.2 Å². The maximum absolute atomic E-state index is 13.6. The molecule has 146 valence electrons. The molecular weight excluding hydrogens is 453 g/mol. The molecule has 0 aliphatic heterocycles. The Morgan fingerprint density at radius 1 is 1.32 bits per heavy atom. The second-order valence-electron chi connectivity index (χ2n) is 6.29. The molecule has 2 heterocycles. The quantitative estimate of drug-likeness (QED) is 0.624. The van der Waals surface area contributed by atoms with E-state index in [-0.39, 0.29) is 35.2 Å². The molecule has 0 saturated heterocycles. The minimum Gasteiger partial charge on any atom is -0.352 e. The van der Waals surface area contributed by atoms with E-state index in [1.54, 1.807) is 12.1 Å². The highest BCUT2D eigenvalue weighted by Crippen LogP contribution is 2.23. The molecule has 0 radical (unpaired) electrons. The van der Waals surface area contributed by atoms with Gasteiger partial charge in [-0.1, -0.05) is 11.6 Å². The third-order valence-electron chi connectivity index (χ3n) is 3.72.